The van der Waals surface area contributed by atoms with Crippen LogP contribution in [-0.2, 0) is 19.5 Å². The van der Waals surface area contributed by atoms with E-state index in [1.54, 1.807) is 12.4 Å². The van der Waals surface area contributed by atoms with Crippen molar-refractivity contribution in [3.8, 4) is 0 Å². The molecule has 0 saturated heterocycles. The summed E-state index contributed by atoms with van der Waals surface area (Å²) in [7, 11) is 0. The van der Waals surface area contributed by atoms with Gasteiger partial charge in [-0.05, 0) is 41.8 Å². The Morgan fingerprint density at radius 1 is 1.07 bits per heavy atom. The fraction of sp³-hybridized carbons (Fsp3) is 0.182. The SMILES string of the molecule is O=C(Cn1nc2c(N3CCc4ccccc4C3)nccn2c1=O)c1ccc(F)cc1. The first kappa shape index (κ1) is 18.2. The van der Waals surface area contributed by atoms with Crippen molar-refractivity contribution in [1.29, 1.82) is 0 Å². The predicted molar refractivity (Wildman–Crippen MR) is 109 cm³/mol. The van der Waals surface area contributed by atoms with Gasteiger partial charge in [0.2, 0.25) is 5.65 Å². The lowest BCUT2D eigenvalue weighted by Gasteiger charge is -2.29. The molecule has 3 heterocycles. The van der Waals surface area contributed by atoms with Gasteiger partial charge in [-0.25, -0.2) is 23.3 Å². The number of rotatable bonds is 4. The quantitative estimate of drug-likeness (QED) is 0.490. The number of nitrogens with zero attached hydrogens (tertiary/aromatic N) is 5. The molecule has 30 heavy (non-hydrogen) atoms. The molecule has 0 amide bonds. The van der Waals surface area contributed by atoms with Crippen LogP contribution in [0.25, 0.3) is 5.65 Å². The second-order valence-electron chi connectivity index (χ2n) is 7.26. The molecule has 7 nitrogen and oxygen atoms in total. The molecule has 0 aliphatic carbocycles. The Labute approximate surface area is 171 Å². The molecule has 0 spiro atoms. The Bertz CT molecular complexity index is 1310. The van der Waals surface area contributed by atoms with Crippen LogP contribution in [0.5, 0.6) is 0 Å². The average molecular weight is 403 g/mol. The molecular formula is C22H18FN5O2. The monoisotopic (exact) mass is 403 g/mol. The maximum atomic E-state index is 13.1. The highest BCUT2D eigenvalue weighted by Gasteiger charge is 2.22. The van der Waals surface area contributed by atoms with Crippen LogP contribution in [0.3, 0.4) is 0 Å². The Morgan fingerprint density at radius 2 is 1.83 bits per heavy atom. The van der Waals surface area contributed by atoms with E-state index in [2.05, 4.69) is 27.1 Å². The number of hydrogen-bond acceptors (Lipinski definition) is 5. The molecular weight excluding hydrogens is 385 g/mol. The zero-order valence-corrected chi connectivity index (χ0v) is 16.0. The highest BCUT2D eigenvalue weighted by Crippen LogP contribution is 2.24. The molecule has 4 aromatic rings. The molecule has 0 unspecified atom stereocenters. The number of carbonyl (C=O) groups excluding carboxylic acids is 1. The van der Waals surface area contributed by atoms with Crippen molar-refractivity contribution in [3.05, 3.63) is 93.9 Å². The van der Waals surface area contributed by atoms with E-state index in [0.29, 0.717) is 23.6 Å². The van der Waals surface area contributed by atoms with Crippen molar-refractivity contribution in [3.63, 3.8) is 0 Å². The van der Waals surface area contributed by atoms with E-state index in [9.17, 15) is 14.0 Å². The van der Waals surface area contributed by atoms with Gasteiger partial charge in [-0.15, -0.1) is 5.10 Å². The van der Waals surface area contributed by atoms with Gasteiger partial charge in [0.25, 0.3) is 0 Å². The second kappa shape index (κ2) is 7.22. The normalized spacial score (nSPS) is 13.4. The Morgan fingerprint density at radius 3 is 2.63 bits per heavy atom. The minimum absolute atomic E-state index is 0.228. The molecule has 0 atom stereocenters. The fourth-order valence-electron chi connectivity index (χ4n) is 3.80. The lowest BCUT2D eigenvalue weighted by Crippen LogP contribution is -2.31. The van der Waals surface area contributed by atoms with E-state index in [1.165, 1.54) is 39.8 Å². The first-order valence-corrected chi connectivity index (χ1v) is 9.65. The summed E-state index contributed by atoms with van der Waals surface area (Å²) < 4.78 is 15.6. The van der Waals surface area contributed by atoms with Crippen LogP contribution in [0, 0.1) is 5.82 Å². The maximum absolute atomic E-state index is 13.1. The molecule has 0 N–H and O–H groups in total. The highest BCUT2D eigenvalue weighted by molar-refractivity contribution is 5.95. The summed E-state index contributed by atoms with van der Waals surface area (Å²) in [6, 6.07) is 13.5. The lowest BCUT2D eigenvalue weighted by atomic mass is 10.00. The first-order chi connectivity index (χ1) is 14.6. The van der Waals surface area contributed by atoms with E-state index in [4.69, 9.17) is 0 Å². The largest absolute Gasteiger partial charge is 0.350 e. The lowest BCUT2D eigenvalue weighted by molar-refractivity contribution is 0.0966. The van der Waals surface area contributed by atoms with E-state index in [1.807, 2.05) is 12.1 Å². The number of benzene rings is 2. The molecule has 2 aromatic heterocycles. The van der Waals surface area contributed by atoms with Crippen molar-refractivity contribution in [2.45, 2.75) is 19.5 Å². The van der Waals surface area contributed by atoms with Crippen LogP contribution >= 0.6 is 0 Å². The van der Waals surface area contributed by atoms with E-state index in [-0.39, 0.29) is 12.3 Å². The fourth-order valence-corrected chi connectivity index (χ4v) is 3.80. The average Bonchev–Trinajstić information content (AvgIpc) is 3.09. The minimum atomic E-state index is -0.421. The minimum Gasteiger partial charge on any atom is -0.349 e. The molecule has 0 bridgehead atoms. The van der Waals surface area contributed by atoms with Crippen molar-refractivity contribution in [1.82, 2.24) is 19.2 Å². The van der Waals surface area contributed by atoms with Gasteiger partial charge in [0.15, 0.2) is 11.6 Å². The van der Waals surface area contributed by atoms with Gasteiger partial charge < -0.3 is 4.90 Å². The summed E-state index contributed by atoms with van der Waals surface area (Å²) in [6.07, 6.45) is 4.00. The number of Topliss-reactive ketones (excluding diaryl/α,β-unsaturated/α-hetero) is 1. The first-order valence-electron chi connectivity index (χ1n) is 9.65. The number of hydrogen-bond donors (Lipinski definition) is 0. The molecule has 0 fully saturated rings. The van der Waals surface area contributed by atoms with Gasteiger partial charge >= 0.3 is 5.69 Å². The zero-order chi connectivity index (χ0) is 20.7. The molecule has 0 radical (unpaired) electrons. The topological polar surface area (TPSA) is 72.5 Å². The van der Waals surface area contributed by atoms with Crippen molar-refractivity contribution < 1.29 is 9.18 Å². The number of halogens is 1. The van der Waals surface area contributed by atoms with E-state index >= 15 is 0 Å². The van der Waals surface area contributed by atoms with Gasteiger partial charge in [0.05, 0.1) is 0 Å². The molecule has 1 aliphatic rings. The van der Waals surface area contributed by atoms with Crippen LogP contribution in [0.1, 0.15) is 21.5 Å². The zero-order valence-electron chi connectivity index (χ0n) is 16.0. The molecule has 5 rings (SSSR count). The third-order valence-electron chi connectivity index (χ3n) is 5.37. The van der Waals surface area contributed by atoms with E-state index < -0.39 is 11.5 Å². The number of aromatic nitrogens is 4. The van der Waals surface area contributed by atoms with Gasteiger partial charge in [0, 0.05) is 31.0 Å². The second-order valence-corrected chi connectivity index (χ2v) is 7.26. The number of anilines is 1. The molecule has 1 aliphatic heterocycles. The van der Waals surface area contributed by atoms with E-state index in [0.717, 1.165) is 17.6 Å². The van der Waals surface area contributed by atoms with Crippen molar-refractivity contribution in [2.24, 2.45) is 0 Å². The molecule has 8 heteroatoms. The number of ketones is 1. The van der Waals surface area contributed by atoms with Gasteiger partial charge in [-0.2, -0.15) is 0 Å². The third kappa shape index (κ3) is 3.16. The van der Waals surface area contributed by atoms with Gasteiger partial charge in [-0.1, -0.05) is 24.3 Å². The van der Waals surface area contributed by atoms with Crippen LogP contribution in [0.4, 0.5) is 10.2 Å². The van der Waals surface area contributed by atoms with Crippen molar-refractivity contribution in [2.75, 3.05) is 11.4 Å². The summed E-state index contributed by atoms with van der Waals surface area (Å²) in [5.41, 5.74) is 2.86. The summed E-state index contributed by atoms with van der Waals surface area (Å²) in [6.45, 7) is 1.21. The molecule has 150 valence electrons. The molecule has 2 aromatic carbocycles. The predicted octanol–water partition coefficient (Wildman–Crippen LogP) is 2.48. The third-order valence-corrected chi connectivity index (χ3v) is 5.37. The maximum Gasteiger partial charge on any atom is 0.350 e. The van der Waals surface area contributed by atoms with Crippen LogP contribution in [0.15, 0.2) is 65.7 Å². The van der Waals surface area contributed by atoms with Gasteiger partial charge in [-0.3, -0.25) is 4.79 Å². The van der Waals surface area contributed by atoms with Crippen LogP contribution in [0.2, 0.25) is 0 Å². The highest BCUT2D eigenvalue weighted by atomic mass is 19.1. The summed E-state index contributed by atoms with van der Waals surface area (Å²) >= 11 is 0. The summed E-state index contributed by atoms with van der Waals surface area (Å²) in [5, 5.41) is 4.39. The Hall–Kier alpha value is -3.81. The Kier molecular flexibility index (Phi) is 4.39. The van der Waals surface area contributed by atoms with Crippen molar-refractivity contribution >= 4 is 17.2 Å². The summed E-state index contributed by atoms with van der Waals surface area (Å²) in [4.78, 5) is 31.9. The van der Waals surface area contributed by atoms with Gasteiger partial charge in [0.1, 0.15) is 12.4 Å². The number of carbonyl (C=O) groups is 1. The van der Waals surface area contributed by atoms with Crippen LogP contribution in [-0.4, -0.2) is 31.5 Å². The standard InChI is InChI=1S/C22H18FN5O2/c23-18-7-5-16(6-8-18)19(29)14-28-22(30)27-12-10-24-20(21(27)25-28)26-11-9-15-3-1-2-4-17(15)13-26/h1-8,10,12H,9,11,13-14H2. The van der Waals surface area contributed by atoms with Crippen LogP contribution < -0.4 is 10.6 Å². The smallest absolute Gasteiger partial charge is 0.349 e. The Balaban J connectivity index is 1.48. The number of fused-ring (bicyclic) bond motifs is 2. The summed E-state index contributed by atoms with van der Waals surface area (Å²) in [5.74, 6) is -0.130. The molecule has 0 saturated carbocycles.